The molecule has 1 heteroatoms. The lowest BCUT2D eigenvalue weighted by Crippen LogP contribution is -2.39. The van der Waals surface area contributed by atoms with Gasteiger partial charge in [0.2, 0.25) is 0 Å². The van der Waals surface area contributed by atoms with Crippen molar-refractivity contribution in [1.82, 2.24) is 0 Å². The Bertz CT molecular complexity index is 176. The Labute approximate surface area is 109 Å². The van der Waals surface area contributed by atoms with E-state index in [-0.39, 0.29) is 5.41 Å². The van der Waals surface area contributed by atoms with Crippen LogP contribution in [0.3, 0.4) is 0 Å². The van der Waals surface area contributed by atoms with E-state index in [2.05, 4.69) is 27.7 Å². The molecule has 0 fully saturated rings. The molecule has 0 aromatic heterocycles. The summed E-state index contributed by atoms with van der Waals surface area (Å²) in [4.78, 5) is 0. The van der Waals surface area contributed by atoms with Crippen molar-refractivity contribution in [2.45, 2.75) is 98.0 Å². The summed E-state index contributed by atoms with van der Waals surface area (Å²) < 4.78 is 0. The number of hydrogen-bond donors (Lipinski definition) is 1. The van der Waals surface area contributed by atoms with Gasteiger partial charge in [0.05, 0.1) is 5.60 Å². The summed E-state index contributed by atoms with van der Waals surface area (Å²) in [6.45, 7) is 10.6. The Hall–Kier alpha value is -0.0400. The highest BCUT2D eigenvalue weighted by atomic mass is 16.3. The highest BCUT2D eigenvalue weighted by Gasteiger charge is 2.34. The largest absolute Gasteiger partial charge is 0.390 e. The van der Waals surface area contributed by atoms with Gasteiger partial charge >= 0.3 is 0 Å². The van der Waals surface area contributed by atoms with Crippen LogP contribution in [0, 0.1) is 5.41 Å². The van der Waals surface area contributed by atoms with Gasteiger partial charge in [-0.3, -0.25) is 0 Å². The first kappa shape index (κ1) is 17.0. The molecule has 0 saturated heterocycles. The van der Waals surface area contributed by atoms with Crippen molar-refractivity contribution in [2.24, 2.45) is 5.41 Å². The van der Waals surface area contributed by atoms with Crippen molar-refractivity contribution in [3.8, 4) is 0 Å². The SMILES string of the molecule is CCCCCCCCCCC(C)(O)C(C)(C)C. The minimum absolute atomic E-state index is 0.00583. The maximum Gasteiger partial charge on any atom is 0.0667 e. The normalized spacial score (nSPS) is 15.9. The molecule has 0 aromatic carbocycles. The van der Waals surface area contributed by atoms with Crippen LogP contribution >= 0.6 is 0 Å². The van der Waals surface area contributed by atoms with Gasteiger partial charge in [-0.25, -0.2) is 0 Å². The van der Waals surface area contributed by atoms with E-state index in [4.69, 9.17) is 0 Å². The lowest BCUT2D eigenvalue weighted by atomic mass is 9.75. The topological polar surface area (TPSA) is 20.2 Å². The third kappa shape index (κ3) is 7.81. The molecule has 1 atom stereocenters. The van der Waals surface area contributed by atoms with Crippen LogP contribution in [-0.2, 0) is 0 Å². The Morgan fingerprint density at radius 1 is 0.706 bits per heavy atom. The molecule has 0 spiro atoms. The van der Waals surface area contributed by atoms with E-state index in [1.54, 1.807) is 0 Å². The Balaban J connectivity index is 3.46. The number of unbranched alkanes of at least 4 members (excludes halogenated alkanes) is 7. The van der Waals surface area contributed by atoms with Crippen LogP contribution in [-0.4, -0.2) is 10.7 Å². The van der Waals surface area contributed by atoms with Gasteiger partial charge < -0.3 is 5.11 Å². The molecular formula is C16H34O. The van der Waals surface area contributed by atoms with Gasteiger partial charge in [-0.15, -0.1) is 0 Å². The van der Waals surface area contributed by atoms with Gasteiger partial charge in [0.15, 0.2) is 0 Å². The summed E-state index contributed by atoms with van der Waals surface area (Å²) in [6.07, 6.45) is 11.6. The molecule has 0 saturated carbocycles. The molecule has 0 aliphatic carbocycles. The van der Waals surface area contributed by atoms with Gasteiger partial charge in [0.25, 0.3) is 0 Å². The molecule has 1 nitrogen and oxygen atoms in total. The first-order chi connectivity index (χ1) is 7.81. The standard InChI is InChI=1S/C16H34O/c1-6-7-8-9-10-11-12-13-14-16(5,17)15(2,3)4/h17H,6-14H2,1-5H3. The fraction of sp³-hybridized carbons (Fsp3) is 1.00. The van der Waals surface area contributed by atoms with Gasteiger partial charge in [-0.05, 0) is 18.8 Å². The van der Waals surface area contributed by atoms with Crippen LogP contribution in [0.25, 0.3) is 0 Å². The van der Waals surface area contributed by atoms with Crippen LogP contribution in [0.5, 0.6) is 0 Å². The van der Waals surface area contributed by atoms with Crippen LogP contribution in [0.15, 0.2) is 0 Å². The summed E-state index contributed by atoms with van der Waals surface area (Å²) in [5.74, 6) is 0. The summed E-state index contributed by atoms with van der Waals surface area (Å²) in [6, 6.07) is 0. The third-order valence-electron chi connectivity index (χ3n) is 4.13. The van der Waals surface area contributed by atoms with Crippen molar-refractivity contribution >= 4 is 0 Å². The van der Waals surface area contributed by atoms with E-state index in [9.17, 15) is 5.11 Å². The van der Waals surface area contributed by atoms with Gasteiger partial charge in [0.1, 0.15) is 0 Å². The number of aliphatic hydroxyl groups is 1. The molecule has 1 unspecified atom stereocenters. The van der Waals surface area contributed by atoms with Gasteiger partial charge in [0, 0.05) is 0 Å². The Kier molecular flexibility index (Phi) is 8.11. The highest BCUT2D eigenvalue weighted by molar-refractivity contribution is 4.85. The minimum atomic E-state index is -0.519. The maximum absolute atomic E-state index is 10.3. The lowest BCUT2D eigenvalue weighted by Gasteiger charge is -2.37. The first-order valence-corrected chi connectivity index (χ1v) is 7.53. The van der Waals surface area contributed by atoms with Crippen molar-refractivity contribution in [1.29, 1.82) is 0 Å². The predicted molar refractivity (Wildman–Crippen MR) is 77.3 cm³/mol. The van der Waals surface area contributed by atoms with Gasteiger partial charge in [-0.1, -0.05) is 79.1 Å². The second kappa shape index (κ2) is 8.13. The van der Waals surface area contributed by atoms with Crippen LogP contribution in [0.4, 0.5) is 0 Å². The first-order valence-electron chi connectivity index (χ1n) is 7.53. The molecule has 17 heavy (non-hydrogen) atoms. The van der Waals surface area contributed by atoms with E-state index in [0.29, 0.717) is 0 Å². The van der Waals surface area contributed by atoms with E-state index in [1.165, 1.54) is 44.9 Å². The average Bonchev–Trinajstić information content (AvgIpc) is 2.20. The molecular weight excluding hydrogens is 208 g/mol. The van der Waals surface area contributed by atoms with Crippen LogP contribution < -0.4 is 0 Å². The summed E-state index contributed by atoms with van der Waals surface area (Å²) >= 11 is 0. The average molecular weight is 242 g/mol. The molecule has 104 valence electrons. The van der Waals surface area contributed by atoms with Gasteiger partial charge in [-0.2, -0.15) is 0 Å². The quantitative estimate of drug-likeness (QED) is 0.543. The van der Waals surface area contributed by atoms with Crippen molar-refractivity contribution in [2.75, 3.05) is 0 Å². The summed E-state index contributed by atoms with van der Waals surface area (Å²) in [5, 5.41) is 10.3. The van der Waals surface area contributed by atoms with Crippen molar-refractivity contribution < 1.29 is 5.11 Å². The molecule has 0 bridgehead atoms. The highest BCUT2D eigenvalue weighted by Crippen LogP contribution is 2.34. The van der Waals surface area contributed by atoms with Crippen molar-refractivity contribution in [3.05, 3.63) is 0 Å². The zero-order chi connectivity index (χ0) is 13.4. The molecule has 0 aliphatic rings. The zero-order valence-corrected chi connectivity index (χ0v) is 12.8. The summed E-state index contributed by atoms with van der Waals surface area (Å²) in [7, 11) is 0. The van der Waals surface area contributed by atoms with Crippen LogP contribution in [0.1, 0.15) is 92.4 Å². The minimum Gasteiger partial charge on any atom is -0.390 e. The van der Waals surface area contributed by atoms with E-state index in [0.717, 1.165) is 12.8 Å². The summed E-state index contributed by atoms with van der Waals surface area (Å²) in [5.41, 5.74) is -0.524. The smallest absolute Gasteiger partial charge is 0.0667 e. The maximum atomic E-state index is 10.3. The Morgan fingerprint density at radius 3 is 1.53 bits per heavy atom. The second-order valence-electron chi connectivity index (χ2n) is 6.75. The molecule has 0 rings (SSSR count). The lowest BCUT2D eigenvalue weighted by molar-refractivity contribution is -0.0496. The molecule has 0 amide bonds. The molecule has 1 N–H and O–H groups in total. The Morgan fingerprint density at radius 2 is 1.12 bits per heavy atom. The van der Waals surface area contributed by atoms with E-state index >= 15 is 0 Å². The molecule has 0 radical (unpaired) electrons. The fourth-order valence-corrected chi connectivity index (χ4v) is 1.98. The van der Waals surface area contributed by atoms with Crippen LogP contribution in [0.2, 0.25) is 0 Å². The molecule has 0 heterocycles. The number of rotatable bonds is 9. The zero-order valence-electron chi connectivity index (χ0n) is 12.8. The second-order valence-corrected chi connectivity index (χ2v) is 6.75. The van der Waals surface area contributed by atoms with E-state index < -0.39 is 5.60 Å². The third-order valence-corrected chi connectivity index (χ3v) is 4.13. The van der Waals surface area contributed by atoms with E-state index in [1.807, 2.05) is 6.92 Å². The molecule has 0 aromatic rings. The predicted octanol–water partition coefficient (Wildman–Crippen LogP) is 5.31. The number of hydrogen-bond acceptors (Lipinski definition) is 1. The molecule has 0 aliphatic heterocycles. The van der Waals surface area contributed by atoms with Crippen molar-refractivity contribution in [3.63, 3.8) is 0 Å². The fourth-order valence-electron chi connectivity index (χ4n) is 1.98. The monoisotopic (exact) mass is 242 g/mol.